The number of nitrogens with one attached hydrogen (secondary N) is 3. The number of aliphatic hydroxyl groups is 1. The second-order valence-corrected chi connectivity index (χ2v) is 8.09. The first-order valence-electron chi connectivity index (χ1n) is 10.3. The van der Waals surface area contributed by atoms with Crippen molar-refractivity contribution in [3.8, 4) is 0 Å². The van der Waals surface area contributed by atoms with Gasteiger partial charge in [-0.2, -0.15) is 0 Å². The number of carbonyl (C=O) groups is 6. The van der Waals surface area contributed by atoms with Crippen LogP contribution in [0.1, 0.15) is 46.5 Å². The first-order chi connectivity index (χ1) is 15.1. The van der Waals surface area contributed by atoms with E-state index in [-0.39, 0.29) is 25.2 Å². The number of hydrogen-bond donors (Lipinski definition) is 8. The van der Waals surface area contributed by atoms with Gasteiger partial charge in [0, 0.05) is 6.42 Å². The second kappa shape index (κ2) is 14.0. The number of carboxylic acids is 1. The third-order valence-corrected chi connectivity index (χ3v) is 4.49. The normalized spacial score (nSPS) is 15.5. The van der Waals surface area contributed by atoms with Crippen LogP contribution in [0.4, 0.5) is 0 Å². The van der Waals surface area contributed by atoms with Crippen molar-refractivity contribution >= 4 is 35.5 Å². The summed E-state index contributed by atoms with van der Waals surface area (Å²) < 4.78 is 0. The van der Waals surface area contributed by atoms with E-state index in [1.807, 2.05) is 0 Å². The van der Waals surface area contributed by atoms with Crippen molar-refractivity contribution in [2.75, 3.05) is 0 Å². The zero-order valence-corrected chi connectivity index (χ0v) is 18.9. The van der Waals surface area contributed by atoms with Crippen molar-refractivity contribution in [2.24, 2.45) is 23.1 Å². The zero-order chi connectivity index (χ0) is 25.9. The maximum atomic E-state index is 12.7. The molecule has 0 saturated carbocycles. The Bertz CT molecular complexity index is 742. The van der Waals surface area contributed by atoms with Gasteiger partial charge in [0.2, 0.25) is 29.5 Å². The number of carboxylic acid groups (broad SMARTS) is 1. The number of primary amides is 2. The van der Waals surface area contributed by atoms with Gasteiger partial charge in [-0.15, -0.1) is 0 Å². The smallest absolute Gasteiger partial charge is 0.326 e. The quantitative estimate of drug-likeness (QED) is 0.116. The van der Waals surface area contributed by atoms with Gasteiger partial charge in [-0.05, 0) is 25.7 Å². The van der Waals surface area contributed by atoms with E-state index in [1.165, 1.54) is 6.92 Å². The fraction of sp³-hybridized carbons (Fsp3) is 0.684. The molecule has 0 heterocycles. The highest BCUT2D eigenvalue weighted by atomic mass is 16.4. The molecule has 0 aliphatic heterocycles. The second-order valence-electron chi connectivity index (χ2n) is 8.09. The lowest BCUT2D eigenvalue weighted by atomic mass is 10.0. The van der Waals surface area contributed by atoms with Crippen LogP contribution in [0.2, 0.25) is 0 Å². The zero-order valence-electron chi connectivity index (χ0n) is 18.9. The predicted molar refractivity (Wildman–Crippen MR) is 115 cm³/mol. The molecule has 33 heavy (non-hydrogen) atoms. The van der Waals surface area contributed by atoms with Crippen LogP contribution in [0.15, 0.2) is 0 Å². The summed E-state index contributed by atoms with van der Waals surface area (Å²) in [5, 5.41) is 25.5. The lowest BCUT2D eigenvalue weighted by Gasteiger charge is -2.26. The standard InChI is InChI=1S/C19H34N6O8/c1-8(2)6-11(16(29)23-10(19(32)33)4-5-13(20)27)24-17(30)12(7-14(21)28)25-18(31)15(22)9(3)26/h8-12,15,26H,4-7,22H2,1-3H3,(H2,20,27)(H2,21,28)(H,23,29)(H,24,30)(H,25,31)(H,32,33). The summed E-state index contributed by atoms with van der Waals surface area (Å²) >= 11 is 0. The molecule has 0 bridgehead atoms. The molecule has 0 aromatic heterocycles. The minimum atomic E-state index is -1.49. The maximum absolute atomic E-state index is 12.7. The highest BCUT2D eigenvalue weighted by Crippen LogP contribution is 2.08. The third kappa shape index (κ3) is 11.8. The lowest BCUT2D eigenvalue weighted by Crippen LogP contribution is -2.58. The Labute approximate surface area is 191 Å². The molecule has 11 N–H and O–H groups in total. The highest BCUT2D eigenvalue weighted by molar-refractivity contribution is 5.96. The molecule has 0 radical (unpaired) electrons. The molecule has 5 unspecified atom stereocenters. The third-order valence-electron chi connectivity index (χ3n) is 4.49. The van der Waals surface area contributed by atoms with E-state index in [2.05, 4.69) is 16.0 Å². The average molecular weight is 475 g/mol. The molecule has 0 spiro atoms. The van der Waals surface area contributed by atoms with Gasteiger partial charge in [0.15, 0.2) is 0 Å². The SMILES string of the molecule is CC(C)CC(NC(=O)C(CC(N)=O)NC(=O)C(N)C(C)O)C(=O)NC(CCC(N)=O)C(=O)O. The van der Waals surface area contributed by atoms with Crippen molar-refractivity contribution in [3.05, 3.63) is 0 Å². The van der Waals surface area contributed by atoms with E-state index in [1.54, 1.807) is 13.8 Å². The van der Waals surface area contributed by atoms with Crippen molar-refractivity contribution in [2.45, 2.75) is 76.7 Å². The van der Waals surface area contributed by atoms with Crippen LogP contribution in [0, 0.1) is 5.92 Å². The molecule has 0 saturated heterocycles. The maximum Gasteiger partial charge on any atom is 0.326 e. The van der Waals surface area contributed by atoms with Gasteiger partial charge >= 0.3 is 5.97 Å². The Morgan fingerprint density at radius 2 is 1.27 bits per heavy atom. The van der Waals surface area contributed by atoms with E-state index in [0.717, 1.165) is 0 Å². The topological polar surface area (TPSA) is 257 Å². The number of carbonyl (C=O) groups excluding carboxylic acids is 5. The highest BCUT2D eigenvalue weighted by Gasteiger charge is 2.32. The molecular formula is C19H34N6O8. The molecule has 0 fully saturated rings. The Kier molecular flexibility index (Phi) is 12.6. The van der Waals surface area contributed by atoms with Gasteiger partial charge in [0.1, 0.15) is 24.2 Å². The molecule has 5 atom stereocenters. The van der Waals surface area contributed by atoms with Gasteiger partial charge in [0.05, 0.1) is 12.5 Å². The number of hydrogen-bond acceptors (Lipinski definition) is 8. The Morgan fingerprint density at radius 1 is 0.788 bits per heavy atom. The molecule has 0 aliphatic rings. The number of amides is 5. The van der Waals surface area contributed by atoms with Crippen molar-refractivity contribution in [3.63, 3.8) is 0 Å². The number of aliphatic hydroxyl groups excluding tert-OH is 1. The number of rotatable bonds is 15. The van der Waals surface area contributed by atoms with Crippen molar-refractivity contribution < 1.29 is 39.0 Å². The summed E-state index contributed by atoms with van der Waals surface area (Å²) in [5.41, 5.74) is 15.7. The molecule has 14 heteroatoms. The van der Waals surface area contributed by atoms with E-state index in [4.69, 9.17) is 17.2 Å². The summed E-state index contributed by atoms with van der Waals surface area (Å²) in [5.74, 6) is -5.91. The largest absolute Gasteiger partial charge is 0.480 e. The Balaban J connectivity index is 5.54. The van der Waals surface area contributed by atoms with Gasteiger partial charge in [-0.25, -0.2) is 4.79 Å². The van der Waals surface area contributed by atoms with Crippen LogP contribution in [0.3, 0.4) is 0 Å². The van der Waals surface area contributed by atoms with E-state index in [0.29, 0.717) is 0 Å². The summed E-state index contributed by atoms with van der Waals surface area (Å²) in [4.78, 5) is 71.3. The molecule has 188 valence electrons. The fourth-order valence-corrected chi connectivity index (χ4v) is 2.69. The van der Waals surface area contributed by atoms with E-state index >= 15 is 0 Å². The predicted octanol–water partition coefficient (Wildman–Crippen LogP) is -3.58. The summed E-state index contributed by atoms with van der Waals surface area (Å²) in [6, 6.07) is -5.54. The monoisotopic (exact) mass is 474 g/mol. The van der Waals surface area contributed by atoms with Gasteiger partial charge in [0.25, 0.3) is 0 Å². The average Bonchev–Trinajstić information content (AvgIpc) is 2.67. The Hall–Kier alpha value is -3.26. The van der Waals surface area contributed by atoms with Crippen LogP contribution >= 0.6 is 0 Å². The van der Waals surface area contributed by atoms with Crippen LogP contribution in [0.25, 0.3) is 0 Å². The molecule has 0 aromatic rings. The van der Waals surface area contributed by atoms with Gasteiger partial charge in [-0.3, -0.25) is 24.0 Å². The molecule has 0 aromatic carbocycles. The molecule has 5 amide bonds. The van der Waals surface area contributed by atoms with Crippen LogP contribution < -0.4 is 33.2 Å². The fourth-order valence-electron chi connectivity index (χ4n) is 2.69. The molecule has 0 rings (SSSR count). The first-order valence-corrected chi connectivity index (χ1v) is 10.3. The first kappa shape index (κ1) is 29.7. The minimum absolute atomic E-state index is 0.0875. The van der Waals surface area contributed by atoms with Crippen molar-refractivity contribution in [1.29, 1.82) is 0 Å². The van der Waals surface area contributed by atoms with E-state index < -0.39 is 72.2 Å². The summed E-state index contributed by atoms with van der Waals surface area (Å²) in [7, 11) is 0. The molecular weight excluding hydrogens is 440 g/mol. The number of aliphatic carboxylic acids is 1. The van der Waals surface area contributed by atoms with Gasteiger partial charge in [-0.1, -0.05) is 13.8 Å². The van der Waals surface area contributed by atoms with Gasteiger partial charge < -0.3 is 43.4 Å². The summed E-state index contributed by atoms with van der Waals surface area (Å²) in [6.07, 6.45) is -2.30. The molecule has 0 aliphatic carbocycles. The lowest BCUT2D eigenvalue weighted by molar-refractivity contribution is -0.143. The summed E-state index contributed by atoms with van der Waals surface area (Å²) in [6.45, 7) is 4.75. The Morgan fingerprint density at radius 3 is 1.70 bits per heavy atom. The minimum Gasteiger partial charge on any atom is -0.480 e. The van der Waals surface area contributed by atoms with Crippen LogP contribution in [-0.2, 0) is 28.8 Å². The number of nitrogens with two attached hydrogens (primary N) is 3. The van der Waals surface area contributed by atoms with Crippen LogP contribution in [0.5, 0.6) is 0 Å². The van der Waals surface area contributed by atoms with Crippen LogP contribution in [-0.4, -0.2) is 76.0 Å². The van der Waals surface area contributed by atoms with Crippen molar-refractivity contribution in [1.82, 2.24) is 16.0 Å². The molecule has 14 nitrogen and oxygen atoms in total. The van der Waals surface area contributed by atoms with E-state index in [9.17, 15) is 39.0 Å².